The van der Waals surface area contributed by atoms with Gasteiger partial charge in [-0.1, -0.05) is 13.0 Å². The van der Waals surface area contributed by atoms with Gasteiger partial charge in [0.05, 0.1) is 8.95 Å². The van der Waals surface area contributed by atoms with Gasteiger partial charge in [-0.25, -0.2) is 4.39 Å². The molecule has 0 bridgehead atoms. The SMILES string of the molecule is CCNCc1ccc(Oc2cc(F)ccc2Br)c(Br)c1. The topological polar surface area (TPSA) is 21.3 Å². The first-order valence-corrected chi connectivity index (χ1v) is 7.81. The highest BCUT2D eigenvalue weighted by Crippen LogP contribution is 2.34. The number of benzene rings is 2. The lowest BCUT2D eigenvalue weighted by atomic mass is 10.2. The second-order valence-corrected chi connectivity index (χ2v) is 5.93. The van der Waals surface area contributed by atoms with E-state index in [1.165, 1.54) is 12.1 Å². The molecule has 106 valence electrons. The van der Waals surface area contributed by atoms with Gasteiger partial charge in [-0.3, -0.25) is 0 Å². The average molecular weight is 403 g/mol. The van der Waals surface area contributed by atoms with Gasteiger partial charge in [0.1, 0.15) is 17.3 Å². The van der Waals surface area contributed by atoms with Crippen molar-refractivity contribution >= 4 is 31.9 Å². The van der Waals surface area contributed by atoms with Crippen LogP contribution in [0.1, 0.15) is 12.5 Å². The quantitative estimate of drug-likeness (QED) is 0.737. The van der Waals surface area contributed by atoms with Gasteiger partial charge in [-0.05, 0) is 68.2 Å². The molecule has 20 heavy (non-hydrogen) atoms. The molecule has 2 aromatic rings. The highest BCUT2D eigenvalue weighted by Gasteiger charge is 2.08. The van der Waals surface area contributed by atoms with Gasteiger partial charge < -0.3 is 10.1 Å². The monoisotopic (exact) mass is 401 g/mol. The van der Waals surface area contributed by atoms with E-state index in [0.29, 0.717) is 16.0 Å². The lowest BCUT2D eigenvalue weighted by Crippen LogP contribution is -2.11. The Hall–Kier alpha value is -0.910. The van der Waals surface area contributed by atoms with Crippen molar-refractivity contribution in [3.05, 3.63) is 56.7 Å². The van der Waals surface area contributed by atoms with Crippen molar-refractivity contribution in [2.24, 2.45) is 0 Å². The number of halogens is 3. The van der Waals surface area contributed by atoms with Crippen LogP contribution in [0.4, 0.5) is 4.39 Å². The number of ether oxygens (including phenoxy) is 1. The summed E-state index contributed by atoms with van der Waals surface area (Å²) < 4.78 is 20.5. The van der Waals surface area contributed by atoms with Crippen LogP contribution in [0, 0.1) is 5.82 Å². The normalized spacial score (nSPS) is 10.6. The number of nitrogens with one attached hydrogen (secondary N) is 1. The average Bonchev–Trinajstić information content (AvgIpc) is 2.43. The van der Waals surface area contributed by atoms with E-state index in [-0.39, 0.29) is 5.82 Å². The maximum absolute atomic E-state index is 13.2. The van der Waals surface area contributed by atoms with E-state index in [4.69, 9.17) is 4.74 Å². The Bertz CT molecular complexity index is 604. The molecular weight excluding hydrogens is 389 g/mol. The van der Waals surface area contributed by atoms with Crippen molar-refractivity contribution in [1.82, 2.24) is 5.32 Å². The minimum absolute atomic E-state index is 0.330. The van der Waals surface area contributed by atoms with E-state index in [1.807, 2.05) is 18.2 Å². The molecular formula is C15H14Br2FNO. The number of hydrogen-bond donors (Lipinski definition) is 1. The fourth-order valence-electron chi connectivity index (χ4n) is 1.68. The summed E-state index contributed by atoms with van der Waals surface area (Å²) in [5, 5.41) is 3.26. The first kappa shape index (κ1) is 15.5. The van der Waals surface area contributed by atoms with Crippen LogP contribution in [0.5, 0.6) is 11.5 Å². The van der Waals surface area contributed by atoms with Crippen molar-refractivity contribution < 1.29 is 9.13 Å². The van der Waals surface area contributed by atoms with E-state index in [0.717, 1.165) is 23.1 Å². The molecule has 0 heterocycles. The van der Waals surface area contributed by atoms with Gasteiger partial charge in [0.15, 0.2) is 0 Å². The molecule has 0 aliphatic rings. The molecule has 0 fully saturated rings. The van der Waals surface area contributed by atoms with E-state index >= 15 is 0 Å². The fourth-order valence-corrected chi connectivity index (χ4v) is 2.51. The summed E-state index contributed by atoms with van der Waals surface area (Å²) in [5.74, 6) is 0.768. The molecule has 0 unspecified atom stereocenters. The highest BCUT2D eigenvalue weighted by atomic mass is 79.9. The molecule has 2 rings (SSSR count). The van der Waals surface area contributed by atoms with Crippen LogP contribution >= 0.6 is 31.9 Å². The Kier molecular flexibility index (Phi) is 5.57. The van der Waals surface area contributed by atoms with Crippen molar-refractivity contribution in [2.75, 3.05) is 6.54 Å². The summed E-state index contributed by atoms with van der Waals surface area (Å²) >= 11 is 6.82. The van der Waals surface area contributed by atoms with E-state index in [1.54, 1.807) is 6.07 Å². The zero-order valence-electron chi connectivity index (χ0n) is 10.9. The van der Waals surface area contributed by atoms with E-state index in [9.17, 15) is 4.39 Å². The first-order chi connectivity index (χ1) is 9.60. The molecule has 0 atom stereocenters. The lowest BCUT2D eigenvalue weighted by Gasteiger charge is -2.11. The first-order valence-electron chi connectivity index (χ1n) is 6.22. The Morgan fingerprint density at radius 2 is 1.85 bits per heavy atom. The van der Waals surface area contributed by atoms with Gasteiger partial charge in [-0.2, -0.15) is 0 Å². The van der Waals surface area contributed by atoms with E-state index < -0.39 is 0 Å². The molecule has 0 radical (unpaired) electrons. The van der Waals surface area contributed by atoms with Crippen molar-refractivity contribution in [3.8, 4) is 11.5 Å². The van der Waals surface area contributed by atoms with Crippen LogP contribution in [-0.2, 0) is 6.54 Å². The standard InChI is InChI=1S/C15H14Br2FNO/c1-2-19-9-10-3-6-14(13(17)7-10)20-15-8-11(18)4-5-12(15)16/h3-8,19H,2,9H2,1H3. The van der Waals surface area contributed by atoms with Crippen molar-refractivity contribution in [3.63, 3.8) is 0 Å². The predicted molar refractivity (Wildman–Crippen MR) is 85.7 cm³/mol. The zero-order chi connectivity index (χ0) is 14.5. The van der Waals surface area contributed by atoms with Gasteiger partial charge >= 0.3 is 0 Å². The van der Waals surface area contributed by atoms with Gasteiger partial charge in [-0.15, -0.1) is 0 Å². The Morgan fingerprint density at radius 1 is 1.05 bits per heavy atom. The summed E-state index contributed by atoms with van der Waals surface area (Å²) in [7, 11) is 0. The summed E-state index contributed by atoms with van der Waals surface area (Å²) in [6, 6.07) is 10.2. The molecule has 2 nitrogen and oxygen atoms in total. The molecule has 5 heteroatoms. The minimum atomic E-state index is -0.330. The smallest absolute Gasteiger partial charge is 0.144 e. The van der Waals surface area contributed by atoms with Crippen LogP contribution in [0.25, 0.3) is 0 Å². The maximum atomic E-state index is 13.2. The van der Waals surface area contributed by atoms with Crippen LogP contribution in [0.15, 0.2) is 45.3 Å². The molecule has 0 aromatic heterocycles. The summed E-state index contributed by atoms with van der Waals surface area (Å²) in [6.45, 7) is 3.79. The third-order valence-corrected chi connectivity index (χ3v) is 3.96. The van der Waals surface area contributed by atoms with Crippen LogP contribution in [0.3, 0.4) is 0 Å². The highest BCUT2D eigenvalue weighted by molar-refractivity contribution is 9.11. The van der Waals surface area contributed by atoms with Crippen LogP contribution in [-0.4, -0.2) is 6.54 Å². The zero-order valence-corrected chi connectivity index (χ0v) is 14.1. The Balaban J connectivity index is 2.19. The molecule has 0 aliphatic carbocycles. The summed E-state index contributed by atoms with van der Waals surface area (Å²) in [4.78, 5) is 0. The third kappa shape index (κ3) is 4.04. The van der Waals surface area contributed by atoms with Crippen molar-refractivity contribution in [1.29, 1.82) is 0 Å². The second kappa shape index (κ2) is 7.20. The predicted octanol–water partition coefficient (Wildman–Crippen LogP) is 5.25. The van der Waals surface area contributed by atoms with Gasteiger partial charge in [0, 0.05) is 12.6 Å². The van der Waals surface area contributed by atoms with Crippen LogP contribution in [0.2, 0.25) is 0 Å². The summed E-state index contributed by atoms with van der Waals surface area (Å²) in [6.07, 6.45) is 0. The molecule has 0 spiro atoms. The maximum Gasteiger partial charge on any atom is 0.144 e. The van der Waals surface area contributed by atoms with Gasteiger partial charge in [0.25, 0.3) is 0 Å². The van der Waals surface area contributed by atoms with Crippen molar-refractivity contribution in [2.45, 2.75) is 13.5 Å². The molecule has 0 saturated heterocycles. The summed E-state index contributed by atoms with van der Waals surface area (Å²) in [5.41, 5.74) is 1.16. The third-order valence-electron chi connectivity index (χ3n) is 2.69. The molecule has 0 amide bonds. The fraction of sp³-hybridized carbons (Fsp3) is 0.200. The molecule has 2 aromatic carbocycles. The van der Waals surface area contributed by atoms with Gasteiger partial charge in [0.2, 0.25) is 0 Å². The lowest BCUT2D eigenvalue weighted by molar-refractivity contribution is 0.470. The molecule has 0 saturated carbocycles. The largest absolute Gasteiger partial charge is 0.455 e. The second-order valence-electron chi connectivity index (χ2n) is 4.22. The van der Waals surface area contributed by atoms with Crippen LogP contribution < -0.4 is 10.1 Å². The Morgan fingerprint density at radius 3 is 2.55 bits per heavy atom. The van der Waals surface area contributed by atoms with E-state index in [2.05, 4.69) is 44.1 Å². The Labute approximate surface area is 134 Å². The number of rotatable bonds is 5. The molecule has 0 aliphatic heterocycles. The molecule has 1 N–H and O–H groups in total. The number of hydrogen-bond acceptors (Lipinski definition) is 2. The minimum Gasteiger partial charge on any atom is -0.455 e.